The number of para-hydroxylation sites is 1. The summed E-state index contributed by atoms with van der Waals surface area (Å²) in [5.74, 6) is 0. The lowest BCUT2D eigenvalue weighted by molar-refractivity contribution is -0.383. The van der Waals surface area contributed by atoms with E-state index in [1.807, 2.05) is 11.8 Å². The lowest BCUT2D eigenvalue weighted by atomic mass is 10.2. The summed E-state index contributed by atoms with van der Waals surface area (Å²) in [7, 11) is 0. The maximum Gasteiger partial charge on any atom is 0.315 e. The lowest BCUT2D eigenvalue weighted by Crippen LogP contribution is -2.41. The Morgan fingerprint density at radius 2 is 2.35 bits per heavy atom. The summed E-state index contributed by atoms with van der Waals surface area (Å²) in [6.07, 6.45) is 0.0739. The predicted octanol–water partition coefficient (Wildman–Crippen LogP) is 1.40. The van der Waals surface area contributed by atoms with Gasteiger partial charge in [0.25, 0.3) is 0 Å². The van der Waals surface area contributed by atoms with Gasteiger partial charge in [-0.3, -0.25) is 10.1 Å². The van der Waals surface area contributed by atoms with Crippen LogP contribution in [0.15, 0.2) is 18.2 Å². The number of morpholine rings is 1. The topological polar surface area (TPSA) is 81.6 Å². The number of hydrogen-bond donors (Lipinski definition) is 1. The molecule has 0 saturated carbocycles. The Labute approximate surface area is 99.1 Å². The summed E-state index contributed by atoms with van der Waals surface area (Å²) >= 11 is 0. The summed E-state index contributed by atoms with van der Waals surface area (Å²) in [5.41, 5.74) is 6.43. The van der Waals surface area contributed by atoms with Crippen molar-refractivity contribution in [2.75, 3.05) is 30.3 Å². The maximum absolute atomic E-state index is 11.0. The van der Waals surface area contributed by atoms with Crippen LogP contribution in [-0.2, 0) is 4.74 Å². The van der Waals surface area contributed by atoms with Crippen molar-refractivity contribution in [1.82, 2.24) is 0 Å². The zero-order chi connectivity index (χ0) is 12.4. The highest BCUT2D eigenvalue weighted by Gasteiger charge is 2.25. The molecule has 0 aromatic heterocycles. The molecule has 17 heavy (non-hydrogen) atoms. The first-order chi connectivity index (χ1) is 8.09. The van der Waals surface area contributed by atoms with E-state index in [0.717, 1.165) is 0 Å². The van der Waals surface area contributed by atoms with E-state index in [1.165, 1.54) is 0 Å². The number of rotatable bonds is 2. The second-order valence-corrected chi connectivity index (χ2v) is 4.10. The molecular formula is C11H15N3O3. The Kier molecular flexibility index (Phi) is 3.14. The third-order valence-electron chi connectivity index (χ3n) is 2.81. The third-order valence-corrected chi connectivity index (χ3v) is 2.81. The van der Waals surface area contributed by atoms with Gasteiger partial charge in [0.1, 0.15) is 11.4 Å². The Morgan fingerprint density at radius 3 is 3.00 bits per heavy atom. The molecule has 0 aliphatic carbocycles. The lowest BCUT2D eigenvalue weighted by Gasteiger charge is -2.32. The first kappa shape index (κ1) is 11.7. The summed E-state index contributed by atoms with van der Waals surface area (Å²) in [6.45, 7) is 3.82. The largest absolute Gasteiger partial charge is 0.393 e. The van der Waals surface area contributed by atoms with Gasteiger partial charge in [-0.1, -0.05) is 6.07 Å². The molecule has 2 N–H and O–H groups in total. The Morgan fingerprint density at radius 1 is 1.59 bits per heavy atom. The number of benzene rings is 1. The molecule has 1 unspecified atom stereocenters. The van der Waals surface area contributed by atoms with Crippen LogP contribution in [0.3, 0.4) is 0 Å². The van der Waals surface area contributed by atoms with Gasteiger partial charge in [-0.15, -0.1) is 0 Å². The average molecular weight is 237 g/mol. The van der Waals surface area contributed by atoms with Gasteiger partial charge in [-0.25, -0.2) is 0 Å². The number of nitrogens with zero attached hydrogens (tertiary/aromatic N) is 2. The minimum Gasteiger partial charge on any atom is -0.393 e. The number of nitro benzene ring substituents is 1. The van der Waals surface area contributed by atoms with E-state index in [1.54, 1.807) is 18.2 Å². The van der Waals surface area contributed by atoms with E-state index in [2.05, 4.69) is 0 Å². The molecule has 2 rings (SSSR count). The average Bonchev–Trinajstić information content (AvgIpc) is 2.28. The molecule has 1 aromatic carbocycles. The molecule has 6 heteroatoms. The standard InChI is InChI=1S/C11H15N3O3/c1-8-7-13(5-6-17-8)10-4-2-3-9(12)11(10)14(15)16/h2-4,8H,5-7,12H2,1H3. The number of ether oxygens (including phenoxy) is 1. The van der Waals surface area contributed by atoms with Crippen LogP contribution in [0.1, 0.15) is 6.92 Å². The Bertz CT molecular complexity index is 436. The fraction of sp³-hybridized carbons (Fsp3) is 0.455. The van der Waals surface area contributed by atoms with E-state index >= 15 is 0 Å². The fourth-order valence-corrected chi connectivity index (χ4v) is 2.04. The first-order valence-corrected chi connectivity index (χ1v) is 5.49. The molecule has 1 saturated heterocycles. The van der Waals surface area contributed by atoms with E-state index < -0.39 is 4.92 Å². The van der Waals surface area contributed by atoms with Crippen molar-refractivity contribution in [2.24, 2.45) is 0 Å². The monoisotopic (exact) mass is 237 g/mol. The van der Waals surface area contributed by atoms with Gasteiger partial charge in [0.05, 0.1) is 17.6 Å². The van der Waals surface area contributed by atoms with Crippen molar-refractivity contribution in [1.29, 1.82) is 0 Å². The molecule has 0 bridgehead atoms. The predicted molar refractivity (Wildman–Crippen MR) is 65.1 cm³/mol. The molecule has 1 aliphatic heterocycles. The van der Waals surface area contributed by atoms with Gasteiger partial charge in [0.2, 0.25) is 0 Å². The highest BCUT2D eigenvalue weighted by Crippen LogP contribution is 2.34. The van der Waals surface area contributed by atoms with Crippen molar-refractivity contribution in [3.05, 3.63) is 28.3 Å². The molecule has 1 aromatic rings. The molecule has 1 fully saturated rings. The SMILES string of the molecule is CC1CN(c2cccc(N)c2[N+](=O)[O-])CCO1. The van der Waals surface area contributed by atoms with Crippen molar-refractivity contribution >= 4 is 17.1 Å². The van der Waals surface area contributed by atoms with Crippen LogP contribution in [0.25, 0.3) is 0 Å². The number of nitrogen functional groups attached to an aromatic ring is 1. The highest BCUT2D eigenvalue weighted by molar-refractivity contribution is 5.75. The minimum absolute atomic E-state index is 0.0124. The zero-order valence-electron chi connectivity index (χ0n) is 9.63. The van der Waals surface area contributed by atoms with Gasteiger partial charge in [0, 0.05) is 13.1 Å². The van der Waals surface area contributed by atoms with Crippen LogP contribution in [0.2, 0.25) is 0 Å². The summed E-state index contributed by atoms with van der Waals surface area (Å²) < 4.78 is 5.42. The molecule has 1 atom stereocenters. The smallest absolute Gasteiger partial charge is 0.315 e. The molecule has 1 heterocycles. The van der Waals surface area contributed by atoms with Crippen LogP contribution < -0.4 is 10.6 Å². The van der Waals surface area contributed by atoms with Crippen molar-refractivity contribution in [2.45, 2.75) is 13.0 Å². The molecule has 0 spiro atoms. The van der Waals surface area contributed by atoms with Crippen molar-refractivity contribution in [3.8, 4) is 0 Å². The van der Waals surface area contributed by atoms with E-state index in [0.29, 0.717) is 25.4 Å². The fourth-order valence-electron chi connectivity index (χ4n) is 2.04. The van der Waals surface area contributed by atoms with Gasteiger partial charge in [-0.2, -0.15) is 0 Å². The van der Waals surface area contributed by atoms with Crippen LogP contribution >= 0.6 is 0 Å². The molecular weight excluding hydrogens is 222 g/mol. The normalized spacial score (nSPS) is 20.3. The van der Waals surface area contributed by atoms with Gasteiger partial charge in [0.15, 0.2) is 0 Å². The highest BCUT2D eigenvalue weighted by atomic mass is 16.6. The summed E-state index contributed by atoms with van der Waals surface area (Å²) in [6, 6.07) is 5.01. The number of nitrogens with two attached hydrogens (primary N) is 1. The maximum atomic E-state index is 11.0. The van der Waals surface area contributed by atoms with Gasteiger partial charge >= 0.3 is 5.69 Å². The van der Waals surface area contributed by atoms with Gasteiger partial charge in [-0.05, 0) is 19.1 Å². The van der Waals surface area contributed by atoms with Crippen LogP contribution in [-0.4, -0.2) is 30.7 Å². The Hall–Kier alpha value is -1.82. The van der Waals surface area contributed by atoms with E-state index in [4.69, 9.17) is 10.5 Å². The summed E-state index contributed by atoms with van der Waals surface area (Å²) in [5, 5.41) is 11.0. The van der Waals surface area contributed by atoms with Crippen LogP contribution in [0.5, 0.6) is 0 Å². The number of anilines is 2. The summed E-state index contributed by atoms with van der Waals surface area (Å²) in [4.78, 5) is 12.6. The second kappa shape index (κ2) is 4.58. The molecule has 1 aliphatic rings. The Balaban J connectivity index is 2.37. The van der Waals surface area contributed by atoms with E-state index in [9.17, 15) is 10.1 Å². The first-order valence-electron chi connectivity index (χ1n) is 5.49. The third kappa shape index (κ3) is 2.31. The number of nitro groups is 1. The van der Waals surface area contributed by atoms with E-state index in [-0.39, 0.29) is 17.5 Å². The number of hydrogen-bond acceptors (Lipinski definition) is 5. The van der Waals surface area contributed by atoms with Crippen LogP contribution in [0.4, 0.5) is 17.1 Å². The molecule has 6 nitrogen and oxygen atoms in total. The van der Waals surface area contributed by atoms with Crippen LogP contribution in [0, 0.1) is 10.1 Å². The molecule has 0 amide bonds. The molecule has 0 radical (unpaired) electrons. The molecule has 92 valence electrons. The van der Waals surface area contributed by atoms with Gasteiger partial charge < -0.3 is 15.4 Å². The second-order valence-electron chi connectivity index (χ2n) is 4.10. The quantitative estimate of drug-likeness (QED) is 0.477. The van der Waals surface area contributed by atoms with Crippen molar-refractivity contribution < 1.29 is 9.66 Å². The zero-order valence-corrected chi connectivity index (χ0v) is 9.63. The minimum atomic E-state index is -0.426. The van der Waals surface area contributed by atoms with Crippen molar-refractivity contribution in [3.63, 3.8) is 0 Å².